The summed E-state index contributed by atoms with van der Waals surface area (Å²) in [5, 5.41) is 10.7. The fourth-order valence-electron chi connectivity index (χ4n) is 1.45. The molecule has 0 spiro atoms. The number of nitro groups is 1. The molecule has 0 atom stereocenters. The summed E-state index contributed by atoms with van der Waals surface area (Å²) in [5.41, 5.74) is 6.12. The van der Waals surface area contributed by atoms with Crippen LogP contribution >= 0.6 is 0 Å². The highest BCUT2D eigenvalue weighted by Crippen LogP contribution is 2.33. The molecule has 104 valence electrons. The van der Waals surface area contributed by atoms with E-state index in [9.17, 15) is 10.1 Å². The number of hydrogen-bond donors (Lipinski definition) is 1. The standard InChI is InChI=1S/C12H12N4O4/c1-19-11-4-9(16(17)18)2-3-10(11)20-12-14-6-8(5-13)7-15-12/h2-4,6-7H,5,13H2,1H3. The van der Waals surface area contributed by atoms with Crippen LogP contribution in [0.15, 0.2) is 30.6 Å². The van der Waals surface area contributed by atoms with Crippen molar-refractivity contribution in [2.45, 2.75) is 6.54 Å². The van der Waals surface area contributed by atoms with Crippen LogP contribution in [0.5, 0.6) is 17.5 Å². The molecule has 0 amide bonds. The molecule has 0 fully saturated rings. The van der Waals surface area contributed by atoms with E-state index in [1.54, 1.807) is 12.4 Å². The smallest absolute Gasteiger partial charge is 0.322 e. The lowest BCUT2D eigenvalue weighted by molar-refractivity contribution is -0.384. The molecule has 1 aromatic heterocycles. The van der Waals surface area contributed by atoms with Crippen LogP contribution < -0.4 is 15.2 Å². The van der Waals surface area contributed by atoms with Gasteiger partial charge in [0.15, 0.2) is 11.5 Å². The molecule has 0 saturated heterocycles. The Balaban J connectivity index is 2.25. The van der Waals surface area contributed by atoms with E-state index < -0.39 is 4.92 Å². The number of nitrogens with two attached hydrogens (primary N) is 1. The molecule has 1 aromatic carbocycles. The van der Waals surface area contributed by atoms with Crippen molar-refractivity contribution in [3.8, 4) is 17.5 Å². The molecule has 2 N–H and O–H groups in total. The lowest BCUT2D eigenvalue weighted by atomic mass is 10.3. The van der Waals surface area contributed by atoms with E-state index in [2.05, 4.69) is 9.97 Å². The summed E-state index contributed by atoms with van der Waals surface area (Å²) in [4.78, 5) is 18.1. The number of aromatic nitrogens is 2. The molecule has 2 aromatic rings. The van der Waals surface area contributed by atoms with Gasteiger partial charge in [-0.15, -0.1) is 0 Å². The summed E-state index contributed by atoms with van der Waals surface area (Å²) < 4.78 is 10.5. The van der Waals surface area contributed by atoms with Gasteiger partial charge in [-0.05, 0) is 6.07 Å². The maximum atomic E-state index is 10.7. The van der Waals surface area contributed by atoms with Gasteiger partial charge < -0.3 is 15.2 Å². The van der Waals surface area contributed by atoms with Crippen LogP contribution in [0.3, 0.4) is 0 Å². The van der Waals surface area contributed by atoms with Crippen molar-refractivity contribution >= 4 is 5.69 Å². The third-order valence-electron chi connectivity index (χ3n) is 2.48. The second-order valence-electron chi connectivity index (χ2n) is 3.77. The fraction of sp³-hybridized carbons (Fsp3) is 0.167. The zero-order valence-electron chi connectivity index (χ0n) is 10.6. The monoisotopic (exact) mass is 276 g/mol. The Morgan fingerprint density at radius 3 is 2.55 bits per heavy atom. The highest BCUT2D eigenvalue weighted by molar-refractivity contribution is 5.49. The molecule has 0 radical (unpaired) electrons. The minimum atomic E-state index is -0.515. The van der Waals surface area contributed by atoms with Crippen molar-refractivity contribution in [3.05, 3.63) is 46.3 Å². The Hall–Kier alpha value is -2.74. The van der Waals surface area contributed by atoms with Gasteiger partial charge in [-0.3, -0.25) is 10.1 Å². The normalized spacial score (nSPS) is 10.1. The number of nitro benzene ring substituents is 1. The van der Waals surface area contributed by atoms with E-state index in [4.69, 9.17) is 15.2 Å². The van der Waals surface area contributed by atoms with Gasteiger partial charge >= 0.3 is 6.01 Å². The minimum absolute atomic E-state index is 0.0893. The van der Waals surface area contributed by atoms with Crippen molar-refractivity contribution in [2.75, 3.05) is 7.11 Å². The number of methoxy groups -OCH3 is 1. The van der Waals surface area contributed by atoms with E-state index in [0.29, 0.717) is 12.3 Å². The van der Waals surface area contributed by atoms with E-state index in [0.717, 1.165) is 5.56 Å². The minimum Gasteiger partial charge on any atom is -0.493 e. The summed E-state index contributed by atoms with van der Waals surface area (Å²) in [5.74, 6) is 0.518. The van der Waals surface area contributed by atoms with Crippen LogP contribution in [0, 0.1) is 10.1 Å². The van der Waals surface area contributed by atoms with Crippen LogP contribution in [-0.2, 0) is 6.54 Å². The summed E-state index contributed by atoms with van der Waals surface area (Å²) in [7, 11) is 1.39. The molecule has 0 aliphatic heterocycles. The summed E-state index contributed by atoms with van der Waals surface area (Å²) in [6, 6.07) is 4.11. The highest BCUT2D eigenvalue weighted by atomic mass is 16.6. The van der Waals surface area contributed by atoms with Gasteiger partial charge in [0.1, 0.15) is 0 Å². The van der Waals surface area contributed by atoms with E-state index in [-0.39, 0.29) is 17.4 Å². The first-order valence-corrected chi connectivity index (χ1v) is 5.65. The van der Waals surface area contributed by atoms with Crippen LogP contribution in [-0.4, -0.2) is 22.0 Å². The largest absolute Gasteiger partial charge is 0.493 e. The highest BCUT2D eigenvalue weighted by Gasteiger charge is 2.13. The molecule has 2 rings (SSSR count). The molecule has 0 saturated carbocycles. The summed E-state index contributed by atoms with van der Waals surface area (Å²) in [6.07, 6.45) is 3.08. The molecule has 1 heterocycles. The Kier molecular flexibility index (Phi) is 4.06. The van der Waals surface area contributed by atoms with Gasteiger partial charge in [-0.1, -0.05) is 0 Å². The second-order valence-corrected chi connectivity index (χ2v) is 3.77. The summed E-state index contributed by atoms with van der Waals surface area (Å²) in [6.45, 7) is 0.334. The fourth-order valence-corrected chi connectivity index (χ4v) is 1.45. The first-order chi connectivity index (χ1) is 9.63. The number of non-ortho nitro benzene ring substituents is 1. The zero-order valence-corrected chi connectivity index (χ0v) is 10.6. The summed E-state index contributed by atoms with van der Waals surface area (Å²) >= 11 is 0. The molecule has 0 unspecified atom stereocenters. The van der Waals surface area contributed by atoms with Gasteiger partial charge in [0.05, 0.1) is 18.1 Å². The topological polar surface area (TPSA) is 113 Å². The van der Waals surface area contributed by atoms with Crippen LogP contribution in [0.25, 0.3) is 0 Å². The van der Waals surface area contributed by atoms with Crippen molar-refractivity contribution in [1.29, 1.82) is 0 Å². The lowest BCUT2D eigenvalue weighted by Gasteiger charge is -2.08. The molecule has 0 aliphatic rings. The number of hydrogen-bond acceptors (Lipinski definition) is 7. The Morgan fingerprint density at radius 2 is 2.00 bits per heavy atom. The van der Waals surface area contributed by atoms with Gasteiger partial charge in [0.2, 0.25) is 0 Å². The number of benzene rings is 1. The molecule has 0 aliphatic carbocycles. The second kappa shape index (κ2) is 5.93. The molecule has 8 nitrogen and oxygen atoms in total. The Labute approximate surface area is 114 Å². The third-order valence-corrected chi connectivity index (χ3v) is 2.48. The van der Waals surface area contributed by atoms with E-state index >= 15 is 0 Å². The van der Waals surface area contributed by atoms with Crippen molar-refractivity contribution in [2.24, 2.45) is 5.73 Å². The molecular weight excluding hydrogens is 264 g/mol. The number of rotatable bonds is 5. The third kappa shape index (κ3) is 2.98. The Bertz CT molecular complexity index is 615. The molecule has 20 heavy (non-hydrogen) atoms. The van der Waals surface area contributed by atoms with Gasteiger partial charge in [0, 0.05) is 30.6 Å². The van der Waals surface area contributed by atoms with E-state index in [1.807, 2.05) is 0 Å². The van der Waals surface area contributed by atoms with E-state index in [1.165, 1.54) is 25.3 Å². The first kappa shape index (κ1) is 13.7. The predicted octanol–water partition coefficient (Wildman–Crippen LogP) is 1.64. The quantitative estimate of drug-likeness (QED) is 0.652. The van der Waals surface area contributed by atoms with Crippen LogP contribution in [0.4, 0.5) is 5.69 Å². The maximum absolute atomic E-state index is 10.7. The molecular formula is C12H12N4O4. The average Bonchev–Trinajstić information content (AvgIpc) is 2.48. The zero-order chi connectivity index (χ0) is 14.5. The molecule has 8 heteroatoms. The van der Waals surface area contributed by atoms with Gasteiger partial charge in [-0.25, -0.2) is 9.97 Å². The van der Waals surface area contributed by atoms with Crippen LogP contribution in [0.1, 0.15) is 5.56 Å². The Morgan fingerprint density at radius 1 is 1.30 bits per heavy atom. The average molecular weight is 276 g/mol. The van der Waals surface area contributed by atoms with Crippen molar-refractivity contribution in [1.82, 2.24) is 9.97 Å². The lowest BCUT2D eigenvalue weighted by Crippen LogP contribution is -2.00. The first-order valence-electron chi connectivity index (χ1n) is 5.65. The number of ether oxygens (including phenoxy) is 2. The van der Waals surface area contributed by atoms with Gasteiger partial charge in [-0.2, -0.15) is 0 Å². The van der Waals surface area contributed by atoms with Crippen LogP contribution in [0.2, 0.25) is 0 Å². The van der Waals surface area contributed by atoms with Crippen molar-refractivity contribution < 1.29 is 14.4 Å². The number of nitrogens with zero attached hydrogens (tertiary/aromatic N) is 3. The van der Waals surface area contributed by atoms with Gasteiger partial charge in [0.25, 0.3) is 5.69 Å². The predicted molar refractivity (Wildman–Crippen MR) is 69.6 cm³/mol. The SMILES string of the molecule is COc1cc([N+](=O)[O-])ccc1Oc1ncc(CN)cn1. The molecule has 0 bridgehead atoms. The van der Waals surface area contributed by atoms with Crippen molar-refractivity contribution in [3.63, 3.8) is 0 Å². The maximum Gasteiger partial charge on any atom is 0.322 e.